The van der Waals surface area contributed by atoms with Crippen LogP contribution in [0.5, 0.6) is 5.75 Å². The fourth-order valence-electron chi connectivity index (χ4n) is 6.05. The SMILES string of the molecule is COc1ccc(CN(C(=O)OC(C)(C)C)c2cc(C[C@H]3C(=O)N(C(=O)N4CCC[C@@H](c5ccccc5)C4)[C@@H]3C(N)=O)ccn2)cc1. The van der Waals surface area contributed by atoms with Crippen molar-refractivity contribution in [1.29, 1.82) is 0 Å². The molecule has 2 fully saturated rings. The number of β-lactam (4-membered cyclic amide) rings is 1. The molecular weight excluding hydrogens is 586 g/mol. The van der Waals surface area contributed by atoms with E-state index in [4.69, 9.17) is 15.2 Å². The summed E-state index contributed by atoms with van der Waals surface area (Å²) in [5.74, 6) is -0.846. The third kappa shape index (κ3) is 7.30. The monoisotopic (exact) mass is 627 g/mol. The lowest BCUT2D eigenvalue weighted by Gasteiger charge is -2.46. The molecule has 3 aromatic rings. The molecule has 5 amide bonds. The Bertz CT molecular complexity index is 1570. The largest absolute Gasteiger partial charge is 0.497 e. The van der Waals surface area contributed by atoms with Gasteiger partial charge in [-0.1, -0.05) is 42.5 Å². The summed E-state index contributed by atoms with van der Waals surface area (Å²) in [7, 11) is 1.58. The third-order valence-electron chi connectivity index (χ3n) is 8.33. The van der Waals surface area contributed by atoms with Crippen LogP contribution in [0.2, 0.25) is 0 Å². The van der Waals surface area contributed by atoms with Gasteiger partial charge in [0.15, 0.2) is 0 Å². The van der Waals surface area contributed by atoms with Crippen molar-refractivity contribution < 1.29 is 28.7 Å². The maximum absolute atomic E-state index is 13.6. The molecule has 2 saturated heterocycles. The lowest BCUT2D eigenvalue weighted by atomic mass is 9.82. The summed E-state index contributed by atoms with van der Waals surface area (Å²) in [5, 5.41) is 0. The van der Waals surface area contributed by atoms with Crippen molar-refractivity contribution in [2.75, 3.05) is 25.1 Å². The summed E-state index contributed by atoms with van der Waals surface area (Å²) >= 11 is 0. The normalized spacial score (nSPS) is 19.7. The molecule has 11 heteroatoms. The van der Waals surface area contributed by atoms with Crippen molar-refractivity contribution in [1.82, 2.24) is 14.8 Å². The standard InChI is InChI=1S/C35H41N5O6/c1-35(2,3)46-34(44)39(21-23-12-14-27(45-4)15-13-23)29-20-24(16-17-37-29)19-28-30(31(36)41)40(32(28)42)33(43)38-18-8-11-26(22-38)25-9-6-5-7-10-25/h5-7,9-10,12-17,20,26,28,30H,8,11,18-19,21-22H2,1-4H3,(H2,36,41)/t26-,28-,30+/m1/s1. The first-order chi connectivity index (χ1) is 21.9. The Morgan fingerprint density at radius 3 is 2.39 bits per heavy atom. The second-order valence-electron chi connectivity index (χ2n) is 12.8. The zero-order valence-corrected chi connectivity index (χ0v) is 26.7. The molecule has 2 N–H and O–H groups in total. The summed E-state index contributed by atoms with van der Waals surface area (Å²) in [6, 6.07) is 19.1. The van der Waals surface area contributed by atoms with Gasteiger partial charge in [-0.25, -0.2) is 14.6 Å². The second kappa shape index (κ2) is 13.6. The highest BCUT2D eigenvalue weighted by atomic mass is 16.6. The van der Waals surface area contributed by atoms with Gasteiger partial charge in [-0.15, -0.1) is 0 Å². The molecule has 242 valence electrons. The number of hydrogen-bond donors (Lipinski definition) is 1. The first-order valence-electron chi connectivity index (χ1n) is 15.5. The van der Waals surface area contributed by atoms with Crippen molar-refractivity contribution in [2.45, 2.75) is 64.1 Å². The van der Waals surface area contributed by atoms with Gasteiger partial charge in [-0.2, -0.15) is 0 Å². The molecule has 0 saturated carbocycles. The number of hydrogen-bond acceptors (Lipinski definition) is 7. The highest BCUT2D eigenvalue weighted by molar-refractivity contribution is 6.08. The van der Waals surface area contributed by atoms with E-state index in [1.165, 1.54) is 4.90 Å². The van der Waals surface area contributed by atoms with Crippen LogP contribution >= 0.6 is 0 Å². The predicted octanol–water partition coefficient (Wildman–Crippen LogP) is 4.89. The zero-order valence-electron chi connectivity index (χ0n) is 26.7. The molecule has 3 heterocycles. The van der Waals surface area contributed by atoms with Crippen LogP contribution in [0.1, 0.15) is 56.2 Å². The van der Waals surface area contributed by atoms with Gasteiger partial charge in [-0.05, 0) is 81.0 Å². The van der Waals surface area contributed by atoms with Crippen molar-refractivity contribution in [3.63, 3.8) is 0 Å². The van der Waals surface area contributed by atoms with E-state index in [2.05, 4.69) is 4.98 Å². The van der Waals surface area contributed by atoms with Crippen molar-refractivity contribution in [2.24, 2.45) is 11.7 Å². The number of imide groups is 1. The molecule has 0 unspecified atom stereocenters. The Labute approximate surface area is 269 Å². The first kappa shape index (κ1) is 32.5. The van der Waals surface area contributed by atoms with E-state index in [-0.39, 0.29) is 18.9 Å². The molecule has 3 atom stereocenters. The van der Waals surface area contributed by atoms with Gasteiger partial charge in [0, 0.05) is 25.2 Å². The van der Waals surface area contributed by atoms with Crippen LogP contribution in [0.15, 0.2) is 72.9 Å². The molecule has 5 rings (SSSR count). The fourth-order valence-corrected chi connectivity index (χ4v) is 6.05. The Hall–Kier alpha value is -4.93. The van der Waals surface area contributed by atoms with E-state index in [1.54, 1.807) is 63.2 Å². The number of carbonyl (C=O) groups is 4. The number of likely N-dealkylation sites (tertiary alicyclic amines) is 2. The van der Waals surface area contributed by atoms with Gasteiger partial charge in [0.25, 0.3) is 0 Å². The number of methoxy groups -OCH3 is 1. The average Bonchev–Trinajstić information content (AvgIpc) is 3.04. The number of benzene rings is 2. The molecular formula is C35H41N5O6. The quantitative estimate of drug-likeness (QED) is 0.352. The number of primary amides is 1. The van der Waals surface area contributed by atoms with Crippen LogP contribution in [0.4, 0.5) is 15.4 Å². The van der Waals surface area contributed by atoms with Crippen molar-refractivity contribution in [3.8, 4) is 5.75 Å². The fraction of sp³-hybridized carbons (Fsp3) is 0.400. The number of carbonyl (C=O) groups excluding carboxylic acids is 4. The average molecular weight is 628 g/mol. The predicted molar refractivity (Wildman–Crippen MR) is 172 cm³/mol. The number of nitrogens with zero attached hydrogens (tertiary/aromatic N) is 4. The van der Waals surface area contributed by atoms with E-state index in [0.717, 1.165) is 28.9 Å². The topological polar surface area (TPSA) is 135 Å². The molecule has 0 bridgehead atoms. The van der Waals surface area contributed by atoms with E-state index >= 15 is 0 Å². The van der Waals surface area contributed by atoms with Gasteiger partial charge in [0.05, 0.1) is 19.6 Å². The first-order valence-corrected chi connectivity index (χ1v) is 15.5. The van der Waals surface area contributed by atoms with Gasteiger partial charge < -0.3 is 20.1 Å². The lowest BCUT2D eigenvalue weighted by Crippen LogP contribution is -2.70. The van der Waals surface area contributed by atoms with E-state index < -0.39 is 41.5 Å². The van der Waals surface area contributed by atoms with Crippen LogP contribution in [0.25, 0.3) is 0 Å². The van der Waals surface area contributed by atoms with Crippen LogP contribution in [-0.2, 0) is 27.3 Å². The molecule has 0 aliphatic carbocycles. The number of nitrogens with two attached hydrogens (primary N) is 1. The summed E-state index contributed by atoms with van der Waals surface area (Å²) in [6.07, 6.45) is 2.83. The number of aromatic nitrogens is 1. The number of piperidine rings is 1. The molecule has 11 nitrogen and oxygen atoms in total. The maximum atomic E-state index is 13.6. The Balaban J connectivity index is 1.33. The minimum atomic E-state index is -1.07. The van der Waals surface area contributed by atoms with Crippen LogP contribution in [0, 0.1) is 5.92 Å². The molecule has 1 aromatic heterocycles. The summed E-state index contributed by atoms with van der Waals surface area (Å²) in [4.78, 5) is 61.5. The minimum absolute atomic E-state index is 0.142. The van der Waals surface area contributed by atoms with Gasteiger partial charge in [-0.3, -0.25) is 19.4 Å². The highest BCUT2D eigenvalue weighted by Crippen LogP contribution is 2.34. The highest BCUT2D eigenvalue weighted by Gasteiger charge is 2.54. The number of pyridine rings is 1. The van der Waals surface area contributed by atoms with E-state index in [1.807, 2.05) is 42.5 Å². The number of ether oxygens (including phenoxy) is 2. The van der Waals surface area contributed by atoms with Gasteiger partial charge in [0.1, 0.15) is 23.2 Å². The lowest BCUT2D eigenvalue weighted by molar-refractivity contribution is -0.157. The summed E-state index contributed by atoms with van der Waals surface area (Å²) < 4.78 is 10.9. The van der Waals surface area contributed by atoms with Crippen LogP contribution < -0.4 is 15.4 Å². The zero-order chi connectivity index (χ0) is 33.0. The van der Waals surface area contributed by atoms with Crippen LogP contribution in [-0.4, -0.2) is 70.6 Å². The van der Waals surface area contributed by atoms with Gasteiger partial charge in [0.2, 0.25) is 11.8 Å². The summed E-state index contributed by atoms with van der Waals surface area (Å²) in [6.45, 7) is 6.49. The molecule has 2 aliphatic heterocycles. The van der Waals surface area contributed by atoms with Crippen molar-refractivity contribution >= 4 is 29.8 Å². The Morgan fingerprint density at radius 1 is 1.02 bits per heavy atom. The van der Waals surface area contributed by atoms with Crippen molar-refractivity contribution in [3.05, 3.63) is 89.6 Å². The molecule has 2 aromatic carbocycles. The number of urea groups is 1. The number of anilines is 1. The molecule has 46 heavy (non-hydrogen) atoms. The maximum Gasteiger partial charge on any atom is 0.416 e. The smallest absolute Gasteiger partial charge is 0.416 e. The molecule has 0 radical (unpaired) electrons. The summed E-state index contributed by atoms with van der Waals surface area (Å²) in [5.41, 5.74) is 7.65. The third-order valence-corrected chi connectivity index (χ3v) is 8.33. The van der Waals surface area contributed by atoms with E-state index in [9.17, 15) is 19.2 Å². The molecule has 0 spiro atoms. The minimum Gasteiger partial charge on any atom is -0.497 e. The second-order valence-corrected chi connectivity index (χ2v) is 12.8. The molecule has 2 aliphatic rings. The van der Waals surface area contributed by atoms with E-state index in [0.29, 0.717) is 30.2 Å². The Kier molecular flexibility index (Phi) is 9.60. The van der Waals surface area contributed by atoms with Gasteiger partial charge >= 0.3 is 12.1 Å². The number of rotatable bonds is 8. The number of amides is 5. The Morgan fingerprint density at radius 2 is 1.74 bits per heavy atom. The van der Waals surface area contributed by atoms with Crippen LogP contribution in [0.3, 0.4) is 0 Å².